The van der Waals surface area contributed by atoms with Crippen LogP contribution in [0.25, 0.3) is 5.57 Å². The third-order valence-corrected chi connectivity index (χ3v) is 5.89. The molecule has 130 valence electrons. The van der Waals surface area contributed by atoms with Gasteiger partial charge in [0, 0.05) is 16.7 Å². The summed E-state index contributed by atoms with van der Waals surface area (Å²) < 4.78 is 31.7. The molecule has 3 rings (SSSR count). The van der Waals surface area contributed by atoms with E-state index in [2.05, 4.69) is 0 Å². The number of methoxy groups -OCH3 is 1. The van der Waals surface area contributed by atoms with E-state index in [1.807, 2.05) is 0 Å². The van der Waals surface area contributed by atoms with Gasteiger partial charge in [-0.15, -0.1) is 0 Å². The second kappa shape index (κ2) is 6.34. The van der Waals surface area contributed by atoms with Gasteiger partial charge in [0.05, 0.1) is 17.7 Å². The fourth-order valence-electron chi connectivity index (χ4n) is 2.91. The van der Waals surface area contributed by atoms with Gasteiger partial charge < -0.3 is 9.84 Å². The first-order chi connectivity index (χ1) is 11.9. The monoisotopic (exact) mass is 359 g/mol. The SMILES string of the molecule is COC(=O)/C(C)=C1/c2ccccc2N(S(=O)(=O)c2ccccc2)C1O. The van der Waals surface area contributed by atoms with Gasteiger partial charge in [-0.1, -0.05) is 36.4 Å². The van der Waals surface area contributed by atoms with Gasteiger partial charge in [-0.2, -0.15) is 0 Å². The number of hydrogen-bond donors (Lipinski definition) is 1. The van der Waals surface area contributed by atoms with Crippen molar-refractivity contribution in [2.45, 2.75) is 18.0 Å². The molecule has 2 aromatic carbocycles. The summed E-state index contributed by atoms with van der Waals surface area (Å²) in [5, 5.41) is 10.8. The van der Waals surface area contributed by atoms with E-state index in [-0.39, 0.29) is 16.0 Å². The molecule has 7 heteroatoms. The molecule has 0 radical (unpaired) electrons. The molecule has 1 heterocycles. The molecule has 0 amide bonds. The van der Waals surface area contributed by atoms with Crippen LogP contribution in [0.3, 0.4) is 0 Å². The Kier molecular flexibility index (Phi) is 4.36. The second-order valence-corrected chi connectivity index (χ2v) is 7.35. The van der Waals surface area contributed by atoms with E-state index < -0.39 is 22.2 Å². The number of fused-ring (bicyclic) bond motifs is 1. The number of aliphatic hydroxyl groups is 1. The zero-order valence-electron chi connectivity index (χ0n) is 13.7. The van der Waals surface area contributed by atoms with Crippen LogP contribution in [0.5, 0.6) is 0 Å². The molecule has 1 unspecified atom stereocenters. The third kappa shape index (κ3) is 2.71. The molecule has 6 nitrogen and oxygen atoms in total. The van der Waals surface area contributed by atoms with Gasteiger partial charge in [-0.25, -0.2) is 17.5 Å². The number of carbonyl (C=O) groups excluding carboxylic acids is 1. The minimum Gasteiger partial charge on any atom is -0.466 e. The van der Waals surface area contributed by atoms with Crippen LogP contribution in [0.2, 0.25) is 0 Å². The maximum absolute atomic E-state index is 13.0. The first-order valence-electron chi connectivity index (χ1n) is 7.55. The predicted octanol–water partition coefficient (Wildman–Crippen LogP) is 2.16. The fourth-order valence-corrected chi connectivity index (χ4v) is 4.42. The smallest absolute Gasteiger partial charge is 0.333 e. The second-order valence-electron chi connectivity index (χ2n) is 5.53. The number of aliphatic hydroxyl groups excluding tert-OH is 1. The molecule has 0 saturated heterocycles. The van der Waals surface area contributed by atoms with Crippen molar-refractivity contribution in [1.29, 1.82) is 0 Å². The maximum atomic E-state index is 13.0. The normalized spacial score (nSPS) is 18.7. The quantitative estimate of drug-likeness (QED) is 0.671. The van der Waals surface area contributed by atoms with Gasteiger partial charge in [0.2, 0.25) is 0 Å². The Labute approximate surface area is 146 Å². The molecular weight excluding hydrogens is 342 g/mol. The van der Waals surface area contributed by atoms with Crippen LogP contribution < -0.4 is 4.31 Å². The van der Waals surface area contributed by atoms with E-state index in [1.54, 1.807) is 42.5 Å². The Hall–Kier alpha value is -2.64. The molecule has 1 aliphatic heterocycles. The highest BCUT2D eigenvalue weighted by molar-refractivity contribution is 7.93. The number of rotatable bonds is 3. The molecule has 25 heavy (non-hydrogen) atoms. The summed E-state index contributed by atoms with van der Waals surface area (Å²) in [6.45, 7) is 1.50. The number of para-hydroxylation sites is 1. The topological polar surface area (TPSA) is 83.9 Å². The number of sulfonamides is 1. The summed E-state index contributed by atoms with van der Waals surface area (Å²) in [7, 11) is -2.77. The Bertz CT molecular complexity index is 950. The van der Waals surface area contributed by atoms with E-state index in [0.717, 1.165) is 4.31 Å². The molecular formula is C18H17NO5S. The molecule has 1 N–H and O–H groups in total. The fraction of sp³-hybridized carbons (Fsp3) is 0.167. The number of esters is 1. The number of carbonyl (C=O) groups is 1. The predicted molar refractivity (Wildman–Crippen MR) is 93.2 cm³/mol. The van der Waals surface area contributed by atoms with Gasteiger partial charge in [0.15, 0.2) is 6.23 Å². The Morgan fingerprint density at radius 3 is 2.32 bits per heavy atom. The van der Waals surface area contributed by atoms with Crippen LogP contribution in [-0.4, -0.2) is 32.8 Å². The van der Waals surface area contributed by atoms with Gasteiger partial charge in [-0.3, -0.25) is 0 Å². The summed E-state index contributed by atoms with van der Waals surface area (Å²) in [6, 6.07) is 14.5. The first kappa shape index (κ1) is 17.2. The molecule has 0 fully saturated rings. The van der Waals surface area contributed by atoms with E-state index in [0.29, 0.717) is 11.3 Å². The van der Waals surface area contributed by atoms with E-state index >= 15 is 0 Å². The summed E-state index contributed by atoms with van der Waals surface area (Å²) in [4.78, 5) is 12.0. The van der Waals surface area contributed by atoms with Gasteiger partial charge in [0.25, 0.3) is 10.0 Å². The zero-order valence-corrected chi connectivity index (χ0v) is 14.5. The largest absolute Gasteiger partial charge is 0.466 e. The van der Waals surface area contributed by atoms with Crippen LogP contribution in [0.1, 0.15) is 12.5 Å². The highest BCUT2D eigenvalue weighted by Crippen LogP contribution is 2.43. The standard InChI is InChI=1S/C18H17NO5S/c1-12(18(21)24-2)16-14-10-6-7-11-15(14)19(17(16)20)25(22,23)13-8-4-3-5-9-13/h3-11,17,20H,1-2H3/b16-12-. The molecule has 0 spiro atoms. The molecule has 0 aromatic heterocycles. The lowest BCUT2D eigenvalue weighted by atomic mass is 10.0. The summed E-state index contributed by atoms with van der Waals surface area (Å²) >= 11 is 0. The number of nitrogens with zero attached hydrogens (tertiary/aromatic N) is 1. The maximum Gasteiger partial charge on any atom is 0.333 e. The lowest BCUT2D eigenvalue weighted by Crippen LogP contribution is -2.37. The summed E-state index contributed by atoms with van der Waals surface area (Å²) in [5.74, 6) is -0.622. The van der Waals surface area contributed by atoms with E-state index in [4.69, 9.17) is 4.74 Å². The lowest BCUT2D eigenvalue weighted by molar-refractivity contribution is -0.136. The number of hydrogen-bond acceptors (Lipinski definition) is 5. The lowest BCUT2D eigenvalue weighted by Gasteiger charge is -2.23. The van der Waals surface area contributed by atoms with Gasteiger partial charge >= 0.3 is 5.97 Å². The minimum atomic E-state index is -4.00. The van der Waals surface area contributed by atoms with Gasteiger partial charge in [-0.05, 0) is 25.1 Å². The first-order valence-corrected chi connectivity index (χ1v) is 8.99. The van der Waals surface area contributed by atoms with Crippen LogP contribution >= 0.6 is 0 Å². The third-order valence-electron chi connectivity index (χ3n) is 4.11. The van der Waals surface area contributed by atoms with Crippen molar-refractivity contribution < 1.29 is 23.1 Å². The Balaban J connectivity index is 2.23. The highest BCUT2D eigenvalue weighted by Gasteiger charge is 2.42. The van der Waals surface area contributed by atoms with Crippen molar-refractivity contribution in [2.24, 2.45) is 0 Å². The van der Waals surface area contributed by atoms with E-state index in [1.165, 1.54) is 26.2 Å². The van der Waals surface area contributed by atoms with Gasteiger partial charge in [0.1, 0.15) is 0 Å². The molecule has 0 aliphatic carbocycles. The van der Waals surface area contributed by atoms with Crippen molar-refractivity contribution >= 4 is 27.3 Å². The van der Waals surface area contributed by atoms with Crippen LogP contribution in [0.4, 0.5) is 5.69 Å². The Morgan fingerprint density at radius 1 is 1.08 bits per heavy atom. The molecule has 2 aromatic rings. The number of benzene rings is 2. The summed E-state index contributed by atoms with van der Waals surface area (Å²) in [6.07, 6.45) is -1.51. The van der Waals surface area contributed by atoms with Crippen molar-refractivity contribution in [3.63, 3.8) is 0 Å². The van der Waals surface area contributed by atoms with Crippen LogP contribution in [-0.2, 0) is 19.6 Å². The average molecular weight is 359 g/mol. The molecule has 1 aliphatic rings. The van der Waals surface area contributed by atoms with Crippen molar-refractivity contribution in [1.82, 2.24) is 0 Å². The molecule has 1 atom stereocenters. The molecule has 0 bridgehead atoms. The van der Waals surface area contributed by atoms with E-state index in [9.17, 15) is 18.3 Å². The van der Waals surface area contributed by atoms with Crippen LogP contribution in [0.15, 0.2) is 65.1 Å². The number of ether oxygens (including phenoxy) is 1. The Morgan fingerprint density at radius 2 is 1.68 bits per heavy atom. The van der Waals surface area contributed by atoms with Crippen LogP contribution in [0, 0.1) is 0 Å². The number of anilines is 1. The average Bonchev–Trinajstić information content (AvgIpc) is 2.93. The molecule has 0 saturated carbocycles. The van der Waals surface area contributed by atoms with Crippen molar-refractivity contribution in [3.8, 4) is 0 Å². The van der Waals surface area contributed by atoms with Crippen molar-refractivity contribution in [3.05, 3.63) is 65.7 Å². The summed E-state index contributed by atoms with van der Waals surface area (Å²) in [5.41, 5.74) is 1.18. The highest BCUT2D eigenvalue weighted by atomic mass is 32.2. The zero-order chi connectivity index (χ0) is 18.2. The van der Waals surface area contributed by atoms with Crippen molar-refractivity contribution in [2.75, 3.05) is 11.4 Å². The minimum absolute atomic E-state index is 0.0563.